The van der Waals surface area contributed by atoms with E-state index in [-0.39, 0.29) is 6.04 Å². The molecule has 29 heavy (non-hydrogen) atoms. The van der Waals surface area contributed by atoms with Gasteiger partial charge in [-0.1, -0.05) is 66.3 Å². The van der Waals surface area contributed by atoms with Crippen LogP contribution >= 0.6 is 46.4 Å². The molecule has 0 fully saturated rings. The molecule has 0 amide bonds. The molecule has 0 radical (unpaired) electrons. The van der Waals surface area contributed by atoms with E-state index >= 15 is 0 Å². The summed E-state index contributed by atoms with van der Waals surface area (Å²) >= 11 is 24.9. The Hall–Kier alpha value is -1.17. The maximum Gasteiger partial charge on any atom is 0.103 e. The molecule has 2 aromatic rings. The van der Waals surface area contributed by atoms with Gasteiger partial charge in [-0.3, -0.25) is 4.99 Å². The maximum absolute atomic E-state index is 6.26. The van der Waals surface area contributed by atoms with Crippen LogP contribution in [0.5, 0.6) is 0 Å². The number of nitrogens with zero attached hydrogens (tertiary/aromatic N) is 2. The molecule has 1 aliphatic rings. The van der Waals surface area contributed by atoms with Gasteiger partial charge in [0.15, 0.2) is 0 Å². The van der Waals surface area contributed by atoms with Gasteiger partial charge in [0.2, 0.25) is 0 Å². The van der Waals surface area contributed by atoms with Gasteiger partial charge in [0, 0.05) is 13.0 Å². The Labute approximate surface area is 192 Å². The third-order valence-electron chi connectivity index (χ3n) is 5.03. The van der Waals surface area contributed by atoms with Crippen molar-refractivity contribution >= 4 is 63.6 Å². The van der Waals surface area contributed by atoms with Crippen LogP contribution in [0.25, 0.3) is 0 Å². The Morgan fingerprint density at radius 3 is 2.24 bits per heavy atom. The minimum Gasteiger partial charge on any atom is -0.376 e. The molecule has 2 aromatic carbocycles. The number of nitrogens with one attached hydrogen (secondary N) is 2. The molecule has 0 spiro atoms. The summed E-state index contributed by atoms with van der Waals surface area (Å²) < 4.78 is 0. The van der Waals surface area contributed by atoms with Crippen LogP contribution in [0.1, 0.15) is 31.9 Å². The molecular weight excluding hydrogens is 450 g/mol. The smallest absolute Gasteiger partial charge is 0.103 e. The standard InChI is InChI=1S/C21H24Cl4N4/c1-3-29(4-2)8-7-26-21-12-18(13-5-6-14(22)15(23)9-13)27-19-10-16(24)17(25)11-20(19)28-21/h5-6,9-11,18,27H,3-4,7-8,12H2,1-2H3,(H,26,28). The highest BCUT2D eigenvalue weighted by atomic mass is 35.5. The van der Waals surface area contributed by atoms with Gasteiger partial charge in [-0.05, 0) is 42.9 Å². The summed E-state index contributed by atoms with van der Waals surface area (Å²) in [6.07, 6.45) is 0.667. The van der Waals surface area contributed by atoms with Crippen molar-refractivity contribution in [2.45, 2.75) is 26.3 Å². The quantitative estimate of drug-likeness (QED) is 0.473. The number of benzene rings is 2. The lowest BCUT2D eigenvalue weighted by Gasteiger charge is -2.19. The predicted molar refractivity (Wildman–Crippen MR) is 128 cm³/mol. The number of anilines is 2. The predicted octanol–water partition coefficient (Wildman–Crippen LogP) is 7.01. The molecule has 8 heteroatoms. The fraction of sp³-hybridized carbons (Fsp3) is 0.381. The molecule has 1 heterocycles. The third kappa shape index (κ3) is 5.71. The maximum atomic E-state index is 6.26. The molecule has 1 atom stereocenters. The molecule has 0 saturated heterocycles. The molecule has 2 N–H and O–H groups in total. The van der Waals surface area contributed by atoms with Crippen molar-refractivity contribution in [3.05, 3.63) is 56.0 Å². The van der Waals surface area contributed by atoms with Crippen molar-refractivity contribution in [1.29, 1.82) is 0 Å². The summed E-state index contributed by atoms with van der Waals surface area (Å²) in [4.78, 5) is 7.18. The highest BCUT2D eigenvalue weighted by Crippen LogP contribution is 2.38. The van der Waals surface area contributed by atoms with Crippen molar-refractivity contribution in [3.63, 3.8) is 0 Å². The Morgan fingerprint density at radius 1 is 0.931 bits per heavy atom. The average Bonchev–Trinajstić information content (AvgIpc) is 2.87. The summed E-state index contributed by atoms with van der Waals surface area (Å²) in [6.45, 7) is 7.98. The van der Waals surface area contributed by atoms with Gasteiger partial charge in [0.1, 0.15) is 5.84 Å². The van der Waals surface area contributed by atoms with Crippen LogP contribution in [-0.4, -0.2) is 36.9 Å². The first-order valence-electron chi connectivity index (χ1n) is 9.64. The van der Waals surface area contributed by atoms with Crippen LogP contribution in [-0.2, 0) is 0 Å². The fourth-order valence-electron chi connectivity index (χ4n) is 3.31. The van der Waals surface area contributed by atoms with Crippen LogP contribution in [0, 0.1) is 0 Å². The van der Waals surface area contributed by atoms with E-state index in [9.17, 15) is 0 Å². The number of rotatable bonds is 6. The number of hydrogen-bond donors (Lipinski definition) is 2. The third-order valence-corrected chi connectivity index (χ3v) is 6.49. The zero-order valence-electron chi connectivity index (χ0n) is 16.4. The SMILES string of the molecule is CCN(CC)CCN=C1CC(c2ccc(Cl)c(Cl)c2)Nc2cc(Cl)c(Cl)cc2N1. The molecule has 4 nitrogen and oxygen atoms in total. The highest BCUT2D eigenvalue weighted by molar-refractivity contribution is 6.43. The van der Waals surface area contributed by atoms with E-state index in [0.717, 1.165) is 49.0 Å². The number of likely N-dealkylation sites (N-methyl/N-ethyl adjacent to an activating group) is 1. The van der Waals surface area contributed by atoms with Gasteiger partial charge in [0.25, 0.3) is 0 Å². The number of halogens is 4. The first-order chi connectivity index (χ1) is 13.9. The molecule has 0 aliphatic carbocycles. The van der Waals surface area contributed by atoms with E-state index in [4.69, 9.17) is 51.4 Å². The van der Waals surface area contributed by atoms with Crippen LogP contribution in [0.15, 0.2) is 35.3 Å². The van der Waals surface area contributed by atoms with E-state index in [1.807, 2.05) is 30.3 Å². The summed E-state index contributed by atoms with van der Waals surface area (Å²) in [7, 11) is 0. The minimum atomic E-state index is -0.0389. The van der Waals surface area contributed by atoms with Crippen molar-refractivity contribution in [3.8, 4) is 0 Å². The number of amidine groups is 1. The second kappa shape index (κ2) is 10.2. The average molecular weight is 474 g/mol. The first-order valence-corrected chi connectivity index (χ1v) is 11.2. The Balaban J connectivity index is 1.92. The van der Waals surface area contributed by atoms with E-state index in [1.54, 1.807) is 0 Å². The van der Waals surface area contributed by atoms with Crippen LogP contribution in [0.2, 0.25) is 20.1 Å². The molecule has 1 unspecified atom stereocenters. The van der Waals surface area contributed by atoms with Crippen LogP contribution in [0.4, 0.5) is 11.4 Å². The lowest BCUT2D eigenvalue weighted by atomic mass is 10.0. The van der Waals surface area contributed by atoms with Crippen LogP contribution < -0.4 is 10.6 Å². The molecule has 0 aromatic heterocycles. The molecule has 0 saturated carbocycles. The topological polar surface area (TPSA) is 39.7 Å². The van der Waals surface area contributed by atoms with E-state index < -0.39 is 0 Å². The zero-order chi connectivity index (χ0) is 21.0. The first kappa shape index (κ1) is 22.5. The van der Waals surface area contributed by atoms with E-state index in [1.165, 1.54) is 0 Å². The van der Waals surface area contributed by atoms with Crippen molar-refractivity contribution in [2.24, 2.45) is 4.99 Å². The number of aliphatic imine (C=N–C) groups is 1. The lowest BCUT2D eigenvalue weighted by Crippen LogP contribution is -2.26. The van der Waals surface area contributed by atoms with Crippen LogP contribution in [0.3, 0.4) is 0 Å². The van der Waals surface area contributed by atoms with Crippen molar-refractivity contribution < 1.29 is 0 Å². The van der Waals surface area contributed by atoms with Gasteiger partial charge in [0.05, 0.1) is 44.1 Å². The molecule has 156 valence electrons. The Bertz CT molecular complexity index is 896. The summed E-state index contributed by atoms with van der Waals surface area (Å²) in [6, 6.07) is 9.29. The second-order valence-electron chi connectivity index (χ2n) is 6.87. The van der Waals surface area contributed by atoms with Crippen molar-refractivity contribution in [1.82, 2.24) is 4.90 Å². The van der Waals surface area contributed by atoms with Gasteiger partial charge in [-0.15, -0.1) is 0 Å². The number of hydrogen-bond acceptors (Lipinski definition) is 3. The van der Waals surface area contributed by atoms with Gasteiger partial charge in [-0.2, -0.15) is 0 Å². The summed E-state index contributed by atoms with van der Waals surface area (Å²) in [5.41, 5.74) is 2.74. The minimum absolute atomic E-state index is 0.0389. The van der Waals surface area contributed by atoms with Gasteiger partial charge < -0.3 is 15.5 Å². The lowest BCUT2D eigenvalue weighted by molar-refractivity contribution is 0.313. The Kier molecular flexibility index (Phi) is 7.94. The highest BCUT2D eigenvalue weighted by Gasteiger charge is 2.22. The Morgan fingerprint density at radius 2 is 1.59 bits per heavy atom. The van der Waals surface area contributed by atoms with Gasteiger partial charge in [-0.25, -0.2) is 0 Å². The second-order valence-corrected chi connectivity index (χ2v) is 8.50. The molecular formula is C21H24Cl4N4. The normalized spacial score (nSPS) is 17.6. The summed E-state index contributed by atoms with van der Waals surface area (Å²) in [5.74, 6) is 0.887. The summed E-state index contributed by atoms with van der Waals surface area (Å²) in [5, 5.41) is 9.02. The molecule has 3 rings (SSSR count). The van der Waals surface area contributed by atoms with Gasteiger partial charge >= 0.3 is 0 Å². The fourth-order valence-corrected chi connectivity index (χ4v) is 3.94. The largest absolute Gasteiger partial charge is 0.376 e. The molecule has 0 bridgehead atoms. The zero-order valence-corrected chi connectivity index (χ0v) is 19.4. The monoisotopic (exact) mass is 472 g/mol. The molecule has 1 aliphatic heterocycles. The number of fused-ring (bicyclic) bond motifs is 1. The van der Waals surface area contributed by atoms with E-state index in [0.29, 0.717) is 26.5 Å². The van der Waals surface area contributed by atoms with Crippen molar-refractivity contribution in [2.75, 3.05) is 36.8 Å². The van der Waals surface area contributed by atoms with E-state index in [2.05, 4.69) is 29.4 Å².